The minimum Gasteiger partial charge on any atom is -0.504 e. The van der Waals surface area contributed by atoms with Gasteiger partial charge in [-0.15, -0.1) is 0 Å². The maximum atomic E-state index is 12.7. The molecule has 2 bridgehead atoms. The number of H-pyrrole nitrogens is 1. The molecule has 2 aromatic carbocycles. The molecular weight excluding hydrogens is 388 g/mol. The molecule has 4 atom stereocenters. The second-order valence-electron chi connectivity index (χ2n) is 10.4. The van der Waals surface area contributed by atoms with Crippen LogP contribution in [0.2, 0.25) is 0 Å². The Morgan fingerprint density at radius 2 is 2.06 bits per heavy atom. The standard InChI is InChI=1S/C26H28N2O3/c1-14(2)13-28-10-9-25-21-15-7-8-19(29)23(21)31-24(25)22-17(12-26(25,30)20(28)11-15)16-5-3-4-6-18(16)27-22/h3-8,14,20,24,27,29-30H,9-13H2,1-2H3/t20?,24-,25-,26+/m0/s1. The number of ether oxygens (including phenoxy) is 1. The van der Waals surface area contributed by atoms with E-state index in [0.717, 1.165) is 42.7 Å². The van der Waals surface area contributed by atoms with Gasteiger partial charge >= 0.3 is 0 Å². The quantitative estimate of drug-likeness (QED) is 0.594. The number of rotatable bonds is 2. The Balaban J connectivity index is 1.54. The second-order valence-corrected chi connectivity index (χ2v) is 10.4. The number of phenols is 1. The number of aromatic nitrogens is 1. The van der Waals surface area contributed by atoms with Gasteiger partial charge in [-0.3, -0.25) is 4.90 Å². The van der Waals surface area contributed by atoms with Crippen LogP contribution in [0.4, 0.5) is 0 Å². The zero-order chi connectivity index (χ0) is 21.1. The molecule has 4 aliphatic rings. The molecule has 7 rings (SSSR count). The van der Waals surface area contributed by atoms with Crippen LogP contribution in [0.3, 0.4) is 0 Å². The van der Waals surface area contributed by atoms with Crippen LogP contribution in [0.5, 0.6) is 11.5 Å². The van der Waals surface area contributed by atoms with Crippen LogP contribution in [-0.2, 0) is 18.3 Å². The number of para-hydroxylation sites is 1. The van der Waals surface area contributed by atoms with Gasteiger partial charge in [-0.25, -0.2) is 0 Å². The number of fused-ring (bicyclic) bond motifs is 4. The van der Waals surface area contributed by atoms with Crippen molar-refractivity contribution in [2.45, 2.75) is 56.3 Å². The van der Waals surface area contributed by atoms with E-state index < -0.39 is 11.0 Å². The van der Waals surface area contributed by atoms with E-state index in [9.17, 15) is 10.2 Å². The number of aromatic hydroxyl groups is 1. The molecule has 3 N–H and O–H groups in total. The summed E-state index contributed by atoms with van der Waals surface area (Å²) in [6, 6.07) is 12.2. The molecule has 2 aliphatic carbocycles. The highest BCUT2D eigenvalue weighted by molar-refractivity contribution is 5.86. The molecule has 160 valence electrons. The molecule has 1 aromatic heterocycles. The fourth-order valence-electron chi connectivity index (χ4n) is 7.41. The Morgan fingerprint density at radius 1 is 1.23 bits per heavy atom. The van der Waals surface area contributed by atoms with Crippen molar-refractivity contribution in [3.8, 4) is 11.5 Å². The second kappa shape index (κ2) is 5.64. The fourth-order valence-corrected chi connectivity index (χ4v) is 7.41. The van der Waals surface area contributed by atoms with Gasteiger partial charge in [0.2, 0.25) is 0 Å². The first-order valence-corrected chi connectivity index (χ1v) is 11.5. The number of nitrogens with zero attached hydrogens (tertiary/aromatic N) is 1. The molecule has 0 amide bonds. The number of aliphatic hydroxyl groups is 1. The lowest BCUT2D eigenvalue weighted by Gasteiger charge is -2.63. The van der Waals surface area contributed by atoms with Crippen molar-refractivity contribution < 1.29 is 14.9 Å². The summed E-state index contributed by atoms with van der Waals surface area (Å²) in [5.41, 5.74) is 4.15. The largest absolute Gasteiger partial charge is 0.504 e. The number of hydrogen-bond donors (Lipinski definition) is 3. The Bertz CT molecular complexity index is 1250. The van der Waals surface area contributed by atoms with E-state index in [2.05, 4.69) is 41.9 Å². The smallest absolute Gasteiger partial charge is 0.166 e. The monoisotopic (exact) mass is 416 g/mol. The van der Waals surface area contributed by atoms with Crippen LogP contribution >= 0.6 is 0 Å². The Hall–Kier alpha value is -2.50. The Morgan fingerprint density at radius 3 is 2.90 bits per heavy atom. The first-order chi connectivity index (χ1) is 14.9. The maximum absolute atomic E-state index is 12.7. The number of nitrogens with one attached hydrogen (secondary N) is 1. The zero-order valence-corrected chi connectivity index (χ0v) is 18.0. The third-order valence-corrected chi connectivity index (χ3v) is 8.48. The van der Waals surface area contributed by atoms with Gasteiger partial charge in [0.25, 0.3) is 0 Å². The van der Waals surface area contributed by atoms with Gasteiger partial charge in [0.05, 0.1) is 16.7 Å². The lowest BCUT2D eigenvalue weighted by molar-refractivity contribution is -0.174. The van der Waals surface area contributed by atoms with Crippen LogP contribution < -0.4 is 4.74 Å². The average molecular weight is 417 g/mol. The van der Waals surface area contributed by atoms with Gasteiger partial charge in [-0.1, -0.05) is 38.1 Å². The number of likely N-dealkylation sites (tertiary alicyclic amines) is 1. The summed E-state index contributed by atoms with van der Waals surface area (Å²) in [4.78, 5) is 6.15. The van der Waals surface area contributed by atoms with Crippen LogP contribution in [0.1, 0.15) is 48.8 Å². The molecule has 0 radical (unpaired) electrons. The molecule has 1 saturated heterocycles. The average Bonchev–Trinajstić information content (AvgIpc) is 3.27. The highest BCUT2D eigenvalue weighted by Crippen LogP contribution is 2.68. The number of benzene rings is 2. The van der Waals surface area contributed by atoms with Crippen molar-refractivity contribution >= 4 is 10.9 Å². The first-order valence-electron chi connectivity index (χ1n) is 11.5. The van der Waals surface area contributed by atoms with Gasteiger partial charge in [-0.2, -0.15) is 0 Å². The topological polar surface area (TPSA) is 68.7 Å². The van der Waals surface area contributed by atoms with E-state index in [0.29, 0.717) is 18.1 Å². The van der Waals surface area contributed by atoms with Crippen molar-refractivity contribution in [1.82, 2.24) is 9.88 Å². The van der Waals surface area contributed by atoms with Crippen molar-refractivity contribution in [1.29, 1.82) is 0 Å². The van der Waals surface area contributed by atoms with Crippen molar-refractivity contribution in [3.05, 3.63) is 58.8 Å². The molecule has 1 fully saturated rings. The van der Waals surface area contributed by atoms with E-state index in [1.54, 1.807) is 6.07 Å². The SMILES string of the molecule is CC(C)CN1CC[C@]23c4c5ccc(O)c4O[C@H]2c2[nH]c4ccccc4c2C[C@@]3(O)C1C5. The van der Waals surface area contributed by atoms with Gasteiger partial charge in [0.1, 0.15) is 0 Å². The maximum Gasteiger partial charge on any atom is 0.166 e. The van der Waals surface area contributed by atoms with Gasteiger partial charge in [0.15, 0.2) is 17.6 Å². The van der Waals surface area contributed by atoms with Gasteiger partial charge in [0, 0.05) is 35.5 Å². The zero-order valence-electron chi connectivity index (χ0n) is 18.0. The fraction of sp³-hybridized carbons (Fsp3) is 0.462. The molecule has 3 heterocycles. The summed E-state index contributed by atoms with van der Waals surface area (Å²) in [6.07, 6.45) is 1.93. The Labute approximate surface area is 181 Å². The summed E-state index contributed by atoms with van der Waals surface area (Å²) in [6.45, 7) is 6.42. The highest BCUT2D eigenvalue weighted by Gasteiger charge is 2.72. The molecule has 2 aliphatic heterocycles. The number of piperidine rings is 1. The highest BCUT2D eigenvalue weighted by atomic mass is 16.5. The molecule has 1 spiro atoms. The summed E-state index contributed by atoms with van der Waals surface area (Å²) in [7, 11) is 0. The summed E-state index contributed by atoms with van der Waals surface area (Å²) >= 11 is 0. The predicted octanol–water partition coefficient (Wildman–Crippen LogP) is 3.82. The molecule has 0 saturated carbocycles. The van der Waals surface area contributed by atoms with E-state index in [1.165, 1.54) is 16.5 Å². The number of aromatic amines is 1. The van der Waals surface area contributed by atoms with E-state index in [1.807, 2.05) is 12.1 Å². The molecule has 5 heteroatoms. The molecule has 3 aromatic rings. The third kappa shape index (κ3) is 1.96. The minimum absolute atomic E-state index is 0.0413. The van der Waals surface area contributed by atoms with E-state index in [4.69, 9.17) is 4.74 Å². The lowest BCUT2D eigenvalue weighted by Crippen LogP contribution is -2.74. The van der Waals surface area contributed by atoms with Crippen LogP contribution in [0.25, 0.3) is 10.9 Å². The van der Waals surface area contributed by atoms with Crippen LogP contribution in [0, 0.1) is 5.92 Å². The van der Waals surface area contributed by atoms with Crippen molar-refractivity contribution in [3.63, 3.8) is 0 Å². The normalized spacial score (nSPS) is 32.8. The van der Waals surface area contributed by atoms with Crippen molar-refractivity contribution in [2.75, 3.05) is 13.1 Å². The summed E-state index contributed by atoms with van der Waals surface area (Å²) in [5.74, 6) is 1.31. The Kier molecular flexibility index (Phi) is 3.30. The molecule has 5 nitrogen and oxygen atoms in total. The van der Waals surface area contributed by atoms with Gasteiger partial charge < -0.3 is 19.9 Å². The third-order valence-electron chi connectivity index (χ3n) is 8.48. The van der Waals surface area contributed by atoms with Gasteiger partial charge in [-0.05, 0) is 48.6 Å². The van der Waals surface area contributed by atoms with Crippen LogP contribution in [-0.4, -0.2) is 44.8 Å². The molecular formula is C26H28N2O3. The van der Waals surface area contributed by atoms with E-state index in [-0.39, 0.29) is 17.9 Å². The van der Waals surface area contributed by atoms with E-state index >= 15 is 0 Å². The number of phenolic OH excluding ortho intramolecular Hbond substituents is 1. The minimum atomic E-state index is -0.936. The first kappa shape index (κ1) is 18.1. The van der Waals surface area contributed by atoms with Crippen molar-refractivity contribution in [2.24, 2.45) is 5.92 Å². The molecule has 1 unspecified atom stereocenters. The molecule has 31 heavy (non-hydrogen) atoms. The predicted molar refractivity (Wildman–Crippen MR) is 119 cm³/mol. The lowest BCUT2D eigenvalue weighted by atomic mass is 9.49. The summed E-state index contributed by atoms with van der Waals surface area (Å²) < 4.78 is 6.59. The summed E-state index contributed by atoms with van der Waals surface area (Å²) in [5, 5.41) is 24.6. The number of hydrogen-bond acceptors (Lipinski definition) is 4. The van der Waals surface area contributed by atoms with Crippen LogP contribution in [0.15, 0.2) is 36.4 Å².